The number of ether oxygens (including phenoxy) is 1. The summed E-state index contributed by atoms with van der Waals surface area (Å²) in [5, 5.41) is 6.83. The number of nitrogens with zero attached hydrogens (tertiary/aromatic N) is 2. The number of carbonyl (C=O) groups excluding carboxylic acids is 1. The monoisotopic (exact) mass is 415 g/mol. The Morgan fingerprint density at radius 3 is 2.39 bits per heavy atom. The maximum Gasteiger partial charge on any atom is 0.444 e. The van der Waals surface area contributed by atoms with Crippen LogP contribution in [0.2, 0.25) is 0 Å². The molecule has 0 atom stereocenters. The number of aromatic nitrogens is 2. The van der Waals surface area contributed by atoms with Gasteiger partial charge in [0.15, 0.2) is 0 Å². The number of aryl methyl sites for hydroxylation is 2. The Kier molecular flexibility index (Phi) is 5.93. The van der Waals surface area contributed by atoms with E-state index in [4.69, 9.17) is 9.15 Å². The van der Waals surface area contributed by atoms with Crippen molar-refractivity contribution >= 4 is 11.6 Å². The number of rotatable bonds is 7. The Morgan fingerprint density at radius 1 is 0.968 bits per heavy atom. The van der Waals surface area contributed by atoms with Gasteiger partial charge in [-0.15, -0.1) is 0 Å². The topological polar surface area (TPSA) is 86.4 Å². The molecule has 0 aliphatic heterocycles. The van der Waals surface area contributed by atoms with E-state index in [2.05, 4.69) is 22.5 Å². The summed E-state index contributed by atoms with van der Waals surface area (Å²) in [6.07, 6.45) is 1.51. The SMILES string of the molecule is COc1nn(-c2ccc(NC(=O)c3ccccc3CCc3ccccc3)cc2)c(=O)o1. The molecule has 0 spiro atoms. The van der Waals surface area contributed by atoms with Gasteiger partial charge in [0, 0.05) is 11.3 Å². The molecule has 1 amide bonds. The van der Waals surface area contributed by atoms with Gasteiger partial charge in [-0.2, -0.15) is 4.68 Å². The Labute approximate surface area is 178 Å². The summed E-state index contributed by atoms with van der Waals surface area (Å²) >= 11 is 0. The molecule has 156 valence electrons. The van der Waals surface area contributed by atoms with E-state index in [1.807, 2.05) is 42.5 Å². The second-order valence-electron chi connectivity index (χ2n) is 6.89. The number of anilines is 1. The molecule has 1 N–H and O–H groups in total. The number of benzene rings is 3. The van der Waals surface area contributed by atoms with E-state index in [9.17, 15) is 9.59 Å². The highest BCUT2D eigenvalue weighted by Crippen LogP contribution is 2.17. The molecule has 1 heterocycles. The van der Waals surface area contributed by atoms with Gasteiger partial charge >= 0.3 is 11.8 Å². The molecular formula is C24H21N3O4. The quantitative estimate of drug-likeness (QED) is 0.495. The largest absolute Gasteiger partial charge is 0.452 e. The molecule has 0 radical (unpaired) electrons. The fourth-order valence-corrected chi connectivity index (χ4v) is 3.27. The van der Waals surface area contributed by atoms with Gasteiger partial charge in [0.1, 0.15) is 0 Å². The third-order valence-corrected chi connectivity index (χ3v) is 4.86. The van der Waals surface area contributed by atoms with Crippen molar-refractivity contribution in [2.75, 3.05) is 12.4 Å². The van der Waals surface area contributed by atoms with E-state index in [0.29, 0.717) is 16.9 Å². The third kappa shape index (κ3) is 4.72. The molecular weight excluding hydrogens is 394 g/mol. The van der Waals surface area contributed by atoms with Crippen molar-refractivity contribution in [3.8, 4) is 11.8 Å². The van der Waals surface area contributed by atoms with Gasteiger partial charge in [-0.1, -0.05) is 53.6 Å². The normalized spacial score (nSPS) is 10.6. The number of hydrogen-bond acceptors (Lipinski definition) is 5. The zero-order valence-corrected chi connectivity index (χ0v) is 16.9. The maximum absolute atomic E-state index is 12.9. The first-order valence-corrected chi connectivity index (χ1v) is 9.82. The van der Waals surface area contributed by atoms with Crippen molar-refractivity contribution in [2.24, 2.45) is 0 Å². The molecule has 0 aliphatic rings. The van der Waals surface area contributed by atoms with Crippen LogP contribution in [0.25, 0.3) is 5.69 Å². The third-order valence-electron chi connectivity index (χ3n) is 4.86. The summed E-state index contributed by atoms with van der Waals surface area (Å²) < 4.78 is 10.8. The van der Waals surface area contributed by atoms with Crippen LogP contribution < -0.4 is 15.8 Å². The summed E-state index contributed by atoms with van der Waals surface area (Å²) in [5.74, 6) is -0.835. The average Bonchev–Trinajstić information content (AvgIpc) is 3.20. The minimum Gasteiger partial charge on any atom is -0.452 e. The lowest BCUT2D eigenvalue weighted by Gasteiger charge is -2.11. The van der Waals surface area contributed by atoms with Crippen molar-refractivity contribution < 1.29 is 13.9 Å². The van der Waals surface area contributed by atoms with Crippen LogP contribution in [0, 0.1) is 0 Å². The number of carbonyl (C=O) groups is 1. The summed E-state index contributed by atoms with van der Waals surface area (Å²) in [5.41, 5.74) is 3.96. The van der Waals surface area contributed by atoms with Crippen molar-refractivity contribution in [3.05, 3.63) is 106 Å². The lowest BCUT2D eigenvalue weighted by atomic mass is 9.99. The Bertz CT molecular complexity index is 1230. The highest BCUT2D eigenvalue weighted by Gasteiger charge is 2.13. The highest BCUT2D eigenvalue weighted by atomic mass is 16.6. The first-order valence-electron chi connectivity index (χ1n) is 9.82. The number of methoxy groups -OCH3 is 1. The zero-order valence-electron chi connectivity index (χ0n) is 16.9. The van der Waals surface area contributed by atoms with E-state index in [-0.39, 0.29) is 12.0 Å². The fourth-order valence-electron chi connectivity index (χ4n) is 3.27. The Morgan fingerprint density at radius 2 is 1.68 bits per heavy atom. The number of amides is 1. The van der Waals surface area contributed by atoms with Crippen LogP contribution in [0.1, 0.15) is 21.5 Å². The molecule has 4 aromatic rings. The minimum absolute atomic E-state index is 0.116. The van der Waals surface area contributed by atoms with Crippen molar-refractivity contribution in [1.29, 1.82) is 0 Å². The first kappa shape index (κ1) is 20.2. The Hall–Kier alpha value is -4.13. The van der Waals surface area contributed by atoms with Crippen LogP contribution in [0.15, 0.2) is 88.1 Å². The van der Waals surface area contributed by atoms with Crippen LogP contribution in [0.4, 0.5) is 5.69 Å². The standard InChI is InChI=1S/C24H21N3O4/c1-30-23-26-27(24(29)31-23)20-15-13-19(14-16-20)25-22(28)21-10-6-5-9-18(21)12-11-17-7-3-2-4-8-17/h2-10,13-16H,11-12H2,1H3,(H,25,28). The number of nitrogens with one attached hydrogen (secondary N) is 1. The van der Waals surface area contributed by atoms with Gasteiger partial charge in [-0.05, 0) is 54.3 Å². The molecule has 0 fully saturated rings. The van der Waals surface area contributed by atoms with Gasteiger partial charge in [0.05, 0.1) is 12.8 Å². The van der Waals surface area contributed by atoms with Crippen LogP contribution in [-0.4, -0.2) is 22.8 Å². The smallest absolute Gasteiger partial charge is 0.444 e. The molecule has 0 aliphatic carbocycles. The molecule has 7 heteroatoms. The van der Waals surface area contributed by atoms with Crippen LogP contribution in [0.3, 0.4) is 0 Å². The second kappa shape index (κ2) is 9.13. The summed E-state index contributed by atoms with van der Waals surface area (Å²) in [4.78, 5) is 24.7. The molecule has 31 heavy (non-hydrogen) atoms. The van der Waals surface area contributed by atoms with Crippen molar-refractivity contribution in [1.82, 2.24) is 9.78 Å². The summed E-state index contributed by atoms with van der Waals surface area (Å²) in [7, 11) is 1.37. The molecule has 4 rings (SSSR count). The van der Waals surface area contributed by atoms with E-state index in [0.717, 1.165) is 23.1 Å². The zero-order chi connectivity index (χ0) is 21.6. The average molecular weight is 415 g/mol. The minimum atomic E-state index is -0.652. The lowest BCUT2D eigenvalue weighted by molar-refractivity contribution is 0.102. The van der Waals surface area contributed by atoms with Gasteiger partial charge < -0.3 is 14.5 Å². The molecule has 0 unspecified atom stereocenters. The van der Waals surface area contributed by atoms with Crippen LogP contribution in [0.5, 0.6) is 6.08 Å². The van der Waals surface area contributed by atoms with E-state index >= 15 is 0 Å². The fraction of sp³-hybridized carbons (Fsp3) is 0.125. The van der Waals surface area contributed by atoms with E-state index in [1.165, 1.54) is 12.7 Å². The van der Waals surface area contributed by atoms with Gasteiger partial charge in [-0.25, -0.2) is 4.79 Å². The second-order valence-corrected chi connectivity index (χ2v) is 6.89. The van der Waals surface area contributed by atoms with Gasteiger partial charge in [0.25, 0.3) is 5.91 Å². The molecule has 7 nitrogen and oxygen atoms in total. The predicted octanol–water partition coefficient (Wildman–Crippen LogP) is 3.87. The van der Waals surface area contributed by atoms with Crippen molar-refractivity contribution in [2.45, 2.75) is 12.8 Å². The van der Waals surface area contributed by atoms with Crippen LogP contribution >= 0.6 is 0 Å². The van der Waals surface area contributed by atoms with Crippen LogP contribution in [-0.2, 0) is 12.8 Å². The Balaban J connectivity index is 1.47. The molecule has 0 saturated carbocycles. The highest BCUT2D eigenvalue weighted by molar-refractivity contribution is 6.05. The molecule has 3 aromatic carbocycles. The summed E-state index contributed by atoms with van der Waals surface area (Å²) in [6, 6.07) is 24.5. The molecule has 0 saturated heterocycles. The number of hydrogen-bond donors (Lipinski definition) is 1. The van der Waals surface area contributed by atoms with Gasteiger partial charge in [-0.3, -0.25) is 4.79 Å². The van der Waals surface area contributed by atoms with Crippen molar-refractivity contribution in [3.63, 3.8) is 0 Å². The van der Waals surface area contributed by atoms with E-state index < -0.39 is 5.76 Å². The predicted molar refractivity (Wildman–Crippen MR) is 117 cm³/mol. The summed E-state index contributed by atoms with van der Waals surface area (Å²) in [6.45, 7) is 0. The van der Waals surface area contributed by atoms with E-state index in [1.54, 1.807) is 24.3 Å². The van der Waals surface area contributed by atoms with Gasteiger partial charge in [0.2, 0.25) is 0 Å². The molecule has 1 aromatic heterocycles. The first-order chi connectivity index (χ1) is 15.1. The lowest BCUT2D eigenvalue weighted by Crippen LogP contribution is -2.15. The maximum atomic E-state index is 12.9. The molecule has 0 bridgehead atoms.